The zero-order valence-corrected chi connectivity index (χ0v) is 15.2. The Kier molecular flexibility index (Phi) is 4.97. The molecule has 0 saturated carbocycles. The lowest BCUT2D eigenvalue weighted by Crippen LogP contribution is -3.13. The normalized spacial score (nSPS) is 15.1. The summed E-state index contributed by atoms with van der Waals surface area (Å²) < 4.78 is 20.7. The number of aromatic nitrogens is 4. The van der Waals surface area contributed by atoms with Crippen molar-refractivity contribution in [1.29, 1.82) is 0 Å². The number of hydrogen-bond acceptors (Lipinski definition) is 5. The summed E-state index contributed by atoms with van der Waals surface area (Å²) in [6, 6.07) is 14.6. The van der Waals surface area contributed by atoms with E-state index in [2.05, 4.69) is 20.4 Å². The van der Waals surface area contributed by atoms with Crippen LogP contribution in [0.2, 0.25) is 0 Å². The molecule has 0 unspecified atom stereocenters. The fraction of sp³-hybridized carbons (Fsp3) is 0.316. The minimum absolute atomic E-state index is 0.231. The minimum Gasteiger partial charge on any atom is -0.496 e. The van der Waals surface area contributed by atoms with E-state index < -0.39 is 0 Å². The monoisotopic (exact) mass is 369 g/mol. The maximum atomic E-state index is 13.6. The van der Waals surface area contributed by atoms with E-state index in [1.54, 1.807) is 23.9 Å². The molecular weight excluding hydrogens is 347 g/mol. The van der Waals surface area contributed by atoms with Gasteiger partial charge in [0.25, 0.3) is 5.95 Å². The summed E-state index contributed by atoms with van der Waals surface area (Å²) in [7, 11) is 1.62. The van der Waals surface area contributed by atoms with E-state index in [0.29, 0.717) is 0 Å². The molecule has 7 nitrogen and oxygen atoms in total. The number of para-hydroxylation sites is 1. The van der Waals surface area contributed by atoms with Gasteiger partial charge in [-0.15, -0.1) is 0 Å². The minimum atomic E-state index is -0.231. The van der Waals surface area contributed by atoms with E-state index in [9.17, 15) is 4.39 Å². The highest BCUT2D eigenvalue weighted by Crippen LogP contribution is 2.19. The lowest BCUT2D eigenvalue weighted by Gasteiger charge is -2.32. The van der Waals surface area contributed by atoms with Crippen LogP contribution in [0.25, 0.3) is 5.69 Å². The molecule has 0 atom stereocenters. The van der Waals surface area contributed by atoms with Crippen LogP contribution in [0.5, 0.6) is 5.75 Å². The van der Waals surface area contributed by atoms with Crippen LogP contribution in [0, 0.1) is 5.82 Å². The third-order valence-electron chi connectivity index (χ3n) is 4.89. The predicted molar refractivity (Wildman–Crippen MR) is 98.7 cm³/mol. The van der Waals surface area contributed by atoms with Gasteiger partial charge in [-0.1, -0.05) is 23.3 Å². The number of methoxy groups -OCH3 is 1. The Morgan fingerprint density at radius 2 is 1.89 bits per heavy atom. The first-order valence-corrected chi connectivity index (χ1v) is 8.99. The molecule has 0 amide bonds. The maximum Gasteiger partial charge on any atom is 0.250 e. The smallest absolute Gasteiger partial charge is 0.250 e. The Hall–Kier alpha value is -3.00. The average Bonchev–Trinajstić information content (AvgIpc) is 3.19. The van der Waals surface area contributed by atoms with E-state index in [1.807, 2.05) is 30.3 Å². The molecule has 4 rings (SSSR count). The highest BCUT2D eigenvalue weighted by molar-refractivity contribution is 5.40. The third-order valence-corrected chi connectivity index (χ3v) is 4.89. The van der Waals surface area contributed by atoms with Crippen molar-refractivity contribution in [3.63, 3.8) is 0 Å². The van der Waals surface area contributed by atoms with Crippen LogP contribution in [0.15, 0.2) is 48.5 Å². The number of piperazine rings is 1. The fourth-order valence-corrected chi connectivity index (χ4v) is 3.47. The van der Waals surface area contributed by atoms with E-state index in [1.165, 1.54) is 11.0 Å². The lowest BCUT2D eigenvalue weighted by molar-refractivity contribution is -0.914. The van der Waals surface area contributed by atoms with Gasteiger partial charge in [0.1, 0.15) is 18.1 Å². The molecule has 8 heteroatoms. The SMILES string of the molecule is COc1ccc(F)cc1C[NH+]1CCN(c2nnnn2-c2ccccc2)CC1. The number of nitrogens with one attached hydrogen (secondary N) is 1. The zero-order valence-electron chi connectivity index (χ0n) is 15.2. The largest absolute Gasteiger partial charge is 0.496 e. The van der Waals surface area contributed by atoms with E-state index in [0.717, 1.165) is 55.7 Å². The highest BCUT2D eigenvalue weighted by atomic mass is 19.1. The van der Waals surface area contributed by atoms with Gasteiger partial charge in [0.05, 0.1) is 44.5 Å². The quantitative estimate of drug-likeness (QED) is 0.718. The summed E-state index contributed by atoms with van der Waals surface area (Å²) in [5, 5.41) is 12.2. The van der Waals surface area contributed by atoms with Crippen molar-refractivity contribution in [1.82, 2.24) is 20.2 Å². The number of anilines is 1. The Labute approximate surface area is 157 Å². The highest BCUT2D eigenvalue weighted by Gasteiger charge is 2.25. The second-order valence-electron chi connectivity index (χ2n) is 6.60. The first-order valence-electron chi connectivity index (χ1n) is 8.99. The molecule has 0 aliphatic carbocycles. The zero-order chi connectivity index (χ0) is 18.6. The van der Waals surface area contributed by atoms with Crippen molar-refractivity contribution < 1.29 is 14.0 Å². The third kappa shape index (κ3) is 3.75. The van der Waals surface area contributed by atoms with Crippen LogP contribution in [0.3, 0.4) is 0 Å². The van der Waals surface area contributed by atoms with Crippen LogP contribution in [0.1, 0.15) is 5.56 Å². The number of tetrazole rings is 1. The number of benzene rings is 2. The van der Waals surface area contributed by atoms with Crippen LogP contribution in [0.4, 0.5) is 10.3 Å². The van der Waals surface area contributed by atoms with Gasteiger partial charge in [0, 0.05) is 0 Å². The van der Waals surface area contributed by atoms with Gasteiger partial charge in [-0.25, -0.2) is 4.39 Å². The summed E-state index contributed by atoms with van der Waals surface area (Å²) in [6.45, 7) is 4.24. The summed E-state index contributed by atoms with van der Waals surface area (Å²) in [5.74, 6) is 1.26. The second kappa shape index (κ2) is 7.71. The van der Waals surface area contributed by atoms with Crippen LogP contribution < -0.4 is 14.5 Å². The van der Waals surface area contributed by atoms with E-state index in [4.69, 9.17) is 4.74 Å². The van der Waals surface area contributed by atoms with Crippen molar-refractivity contribution in [2.24, 2.45) is 0 Å². The van der Waals surface area contributed by atoms with Crippen LogP contribution in [-0.4, -0.2) is 53.5 Å². The summed E-state index contributed by atoms with van der Waals surface area (Å²) >= 11 is 0. The second-order valence-corrected chi connectivity index (χ2v) is 6.60. The Morgan fingerprint density at radius 1 is 1.11 bits per heavy atom. The van der Waals surface area contributed by atoms with Gasteiger partial charge in [-0.2, -0.15) is 4.68 Å². The van der Waals surface area contributed by atoms with Gasteiger partial charge in [0.15, 0.2) is 0 Å². The molecule has 140 valence electrons. The lowest BCUT2D eigenvalue weighted by atomic mass is 10.1. The van der Waals surface area contributed by atoms with Crippen molar-refractivity contribution in [3.05, 3.63) is 59.9 Å². The molecule has 27 heavy (non-hydrogen) atoms. The van der Waals surface area contributed by atoms with Gasteiger partial charge in [0.2, 0.25) is 0 Å². The van der Waals surface area contributed by atoms with Crippen molar-refractivity contribution in [3.8, 4) is 11.4 Å². The molecule has 3 aromatic rings. The molecule has 1 saturated heterocycles. The molecule has 1 aliphatic rings. The number of quaternary nitrogens is 1. The first kappa shape index (κ1) is 17.4. The number of halogens is 1. The fourth-order valence-electron chi connectivity index (χ4n) is 3.47. The summed E-state index contributed by atoms with van der Waals surface area (Å²) in [5.41, 5.74) is 1.84. The molecule has 0 radical (unpaired) electrons. The number of rotatable bonds is 5. The van der Waals surface area contributed by atoms with Crippen LogP contribution >= 0.6 is 0 Å². The molecule has 1 N–H and O–H groups in total. The van der Waals surface area contributed by atoms with Crippen molar-refractivity contribution in [2.45, 2.75) is 6.54 Å². The van der Waals surface area contributed by atoms with Gasteiger partial charge in [-0.3, -0.25) is 0 Å². The standard InChI is InChI=1S/C19H21FN6O/c1-27-18-8-7-16(20)13-15(18)14-24-9-11-25(12-10-24)19-21-22-23-26(19)17-5-3-2-4-6-17/h2-8,13H,9-12,14H2,1H3/p+1. The van der Waals surface area contributed by atoms with E-state index in [-0.39, 0.29) is 5.82 Å². The Bertz CT molecular complexity index is 892. The Morgan fingerprint density at radius 3 is 2.63 bits per heavy atom. The Balaban J connectivity index is 1.43. The number of ether oxygens (including phenoxy) is 1. The molecule has 2 heterocycles. The van der Waals surface area contributed by atoms with Gasteiger partial charge >= 0.3 is 0 Å². The molecule has 0 spiro atoms. The number of nitrogens with zero attached hydrogens (tertiary/aromatic N) is 5. The topological polar surface area (TPSA) is 60.5 Å². The average molecular weight is 369 g/mol. The molecule has 1 aromatic heterocycles. The van der Waals surface area contributed by atoms with Crippen LogP contribution in [-0.2, 0) is 6.54 Å². The number of hydrogen-bond donors (Lipinski definition) is 1. The molecular formula is C19H22FN6O+. The molecule has 1 fully saturated rings. The molecule has 0 bridgehead atoms. The van der Waals surface area contributed by atoms with Crippen molar-refractivity contribution >= 4 is 5.95 Å². The molecule has 1 aliphatic heterocycles. The maximum absolute atomic E-state index is 13.6. The van der Waals surface area contributed by atoms with Gasteiger partial charge in [-0.05, 0) is 40.8 Å². The molecule has 2 aromatic carbocycles. The summed E-state index contributed by atoms with van der Waals surface area (Å²) in [4.78, 5) is 3.58. The van der Waals surface area contributed by atoms with Gasteiger partial charge < -0.3 is 14.5 Å². The van der Waals surface area contributed by atoms with E-state index >= 15 is 0 Å². The predicted octanol–water partition coefficient (Wildman–Crippen LogP) is 0.715. The van der Waals surface area contributed by atoms with Crippen molar-refractivity contribution in [2.75, 3.05) is 38.2 Å². The first-order chi connectivity index (χ1) is 13.2. The summed E-state index contributed by atoms with van der Waals surface area (Å²) in [6.07, 6.45) is 0.